The molecule has 110 valence electrons. The second-order valence-electron chi connectivity index (χ2n) is 5.10. The molecule has 1 aliphatic carbocycles. The molecule has 3 rings (SSSR count). The Kier molecular flexibility index (Phi) is 3.30. The van der Waals surface area contributed by atoms with Crippen LogP contribution in [0.15, 0.2) is 24.4 Å². The van der Waals surface area contributed by atoms with Crippen molar-refractivity contribution in [2.45, 2.75) is 25.4 Å². The first-order valence-corrected chi connectivity index (χ1v) is 6.64. The zero-order valence-electron chi connectivity index (χ0n) is 11.1. The van der Waals surface area contributed by atoms with E-state index in [4.69, 9.17) is 5.11 Å². The fraction of sp³-hybridized carbons (Fsp3) is 0.385. The maximum absolute atomic E-state index is 11.2. The van der Waals surface area contributed by atoms with Crippen LogP contribution in [0, 0.1) is 16.0 Å². The van der Waals surface area contributed by atoms with Crippen molar-refractivity contribution in [3.8, 4) is 0 Å². The number of nitrogens with one attached hydrogen (secondary N) is 1. The number of carboxylic acid groups (broad SMARTS) is 1. The van der Waals surface area contributed by atoms with Crippen molar-refractivity contribution in [2.75, 3.05) is 0 Å². The van der Waals surface area contributed by atoms with Crippen molar-refractivity contribution in [1.82, 2.24) is 14.7 Å². The topological polar surface area (TPSA) is 110 Å². The van der Waals surface area contributed by atoms with Crippen molar-refractivity contribution < 1.29 is 14.8 Å². The van der Waals surface area contributed by atoms with E-state index in [0.717, 1.165) is 12.8 Å². The van der Waals surface area contributed by atoms with Gasteiger partial charge in [-0.05, 0) is 29.7 Å². The minimum atomic E-state index is -0.927. The summed E-state index contributed by atoms with van der Waals surface area (Å²) in [5, 5.41) is 23.3. The van der Waals surface area contributed by atoms with Crippen LogP contribution < -0.4 is 5.32 Å². The zero-order chi connectivity index (χ0) is 15.0. The van der Waals surface area contributed by atoms with Gasteiger partial charge in [0.15, 0.2) is 5.69 Å². The molecule has 0 saturated heterocycles. The van der Waals surface area contributed by atoms with Gasteiger partial charge in [0.05, 0.1) is 6.20 Å². The van der Waals surface area contributed by atoms with Crippen molar-refractivity contribution in [3.63, 3.8) is 0 Å². The average Bonchev–Trinajstić information content (AvgIpc) is 3.18. The van der Waals surface area contributed by atoms with E-state index in [0.29, 0.717) is 5.65 Å². The summed E-state index contributed by atoms with van der Waals surface area (Å²) >= 11 is 0. The quantitative estimate of drug-likeness (QED) is 0.611. The van der Waals surface area contributed by atoms with Crippen molar-refractivity contribution in [1.29, 1.82) is 0 Å². The van der Waals surface area contributed by atoms with Gasteiger partial charge in [-0.3, -0.25) is 10.1 Å². The highest BCUT2D eigenvalue weighted by molar-refractivity contribution is 5.74. The number of pyridine rings is 1. The van der Waals surface area contributed by atoms with Gasteiger partial charge in [-0.15, -0.1) is 0 Å². The molecule has 2 N–H and O–H groups in total. The van der Waals surface area contributed by atoms with Crippen molar-refractivity contribution >= 4 is 17.4 Å². The van der Waals surface area contributed by atoms with E-state index in [1.54, 1.807) is 24.4 Å². The van der Waals surface area contributed by atoms with E-state index in [9.17, 15) is 14.9 Å². The second kappa shape index (κ2) is 5.13. The van der Waals surface area contributed by atoms with Crippen LogP contribution in [0.2, 0.25) is 0 Å². The van der Waals surface area contributed by atoms with E-state index in [-0.39, 0.29) is 24.0 Å². The molecule has 0 radical (unpaired) electrons. The molecule has 1 aliphatic rings. The fourth-order valence-electron chi connectivity index (χ4n) is 2.44. The molecule has 1 unspecified atom stereocenters. The maximum atomic E-state index is 11.2. The number of imidazole rings is 1. The zero-order valence-corrected chi connectivity index (χ0v) is 11.1. The van der Waals surface area contributed by atoms with Crippen LogP contribution in [0.3, 0.4) is 0 Å². The molecule has 2 aromatic heterocycles. The predicted molar refractivity (Wildman–Crippen MR) is 72.8 cm³/mol. The van der Waals surface area contributed by atoms with E-state index in [1.165, 1.54) is 4.40 Å². The van der Waals surface area contributed by atoms with Gasteiger partial charge < -0.3 is 15.2 Å². The molecule has 0 amide bonds. The van der Waals surface area contributed by atoms with Gasteiger partial charge in [0.25, 0.3) is 0 Å². The summed E-state index contributed by atoms with van der Waals surface area (Å²) < 4.78 is 1.39. The lowest BCUT2D eigenvalue weighted by atomic mass is 10.2. The van der Waals surface area contributed by atoms with Crippen LogP contribution in [0.1, 0.15) is 18.5 Å². The molecule has 1 saturated carbocycles. The molecule has 8 heteroatoms. The third-order valence-corrected chi connectivity index (χ3v) is 3.60. The van der Waals surface area contributed by atoms with E-state index < -0.39 is 16.9 Å². The molecule has 8 nitrogen and oxygen atoms in total. The second-order valence-corrected chi connectivity index (χ2v) is 5.10. The number of hydrogen-bond acceptors (Lipinski definition) is 5. The van der Waals surface area contributed by atoms with Crippen molar-refractivity contribution in [2.24, 2.45) is 5.92 Å². The minimum Gasteiger partial charge on any atom is -0.480 e. The van der Waals surface area contributed by atoms with Gasteiger partial charge in [-0.1, -0.05) is 6.07 Å². The number of nitro groups is 1. The van der Waals surface area contributed by atoms with E-state index in [2.05, 4.69) is 10.3 Å². The predicted octanol–water partition coefficient (Wildman–Crippen LogP) is 1.20. The molecule has 21 heavy (non-hydrogen) atoms. The van der Waals surface area contributed by atoms with E-state index in [1.807, 2.05) is 0 Å². The van der Waals surface area contributed by atoms with Gasteiger partial charge >= 0.3 is 11.8 Å². The summed E-state index contributed by atoms with van der Waals surface area (Å²) in [6, 6.07) is 4.43. The Balaban J connectivity index is 1.87. The van der Waals surface area contributed by atoms with Crippen LogP contribution in [0.5, 0.6) is 0 Å². The number of carboxylic acids is 1. The Morgan fingerprint density at radius 3 is 2.95 bits per heavy atom. The molecule has 1 fully saturated rings. The van der Waals surface area contributed by atoms with Gasteiger partial charge in [0.2, 0.25) is 5.65 Å². The number of nitrogens with zero attached hydrogens (tertiary/aromatic N) is 3. The molecular formula is C13H14N4O4. The first-order valence-electron chi connectivity index (χ1n) is 6.64. The number of aliphatic carboxylic acids is 1. The number of carbonyl (C=O) groups is 1. The molecule has 0 aromatic carbocycles. The summed E-state index contributed by atoms with van der Waals surface area (Å²) in [6.07, 6.45) is 3.31. The lowest BCUT2D eigenvalue weighted by molar-refractivity contribution is -0.391. The van der Waals surface area contributed by atoms with Gasteiger partial charge in [0.1, 0.15) is 6.04 Å². The Morgan fingerprint density at radius 1 is 1.57 bits per heavy atom. The Bertz CT molecular complexity index is 707. The highest BCUT2D eigenvalue weighted by Crippen LogP contribution is 2.33. The van der Waals surface area contributed by atoms with Gasteiger partial charge in [-0.25, -0.2) is 4.98 Å². The first kappa shape index (κ1) is 13.5. The fourth-order valence-corrected chi connectivity index (χ4v) is 2.44. The third kappa shape index (κ3) is 2.57. The number of rotatable bonds is 6. The molecule has 2 heterocycles. The summed E-state index contributed by atoms with van der Waals surface area (Å²) in [6.45, 7) is 0.0610. The number of fused-ring (bicyclic) bond motifs is 1. The Morgan fingerprint density at radius 2 is 2.33 bits per heavy atom. The molecule has 0 bridgehead atoms. The molecule has 1 atom stereocenters. The van der Waals surface area contributed by atoms with Crippen LogP contribution in [-0.2, 0) is 11.3 Å². The standard InChI is InChI=1S/C13H14N4O4/c18-13(19)11(8-4-5-8)14-7-9-12(17(20)21)16-6-2-1-3-10(16)15-9/h1-3,6,8,11,14H,4-5,7H2,(H,18,19). The highest BCUT2D eigenvalue weighted by Gasteiger charge is 2.36. The van der Waals surface area contributed by atoms with Gasteiger partial charge in [-0.2, -0.15) is 4.40 Å². The highest BCUT2D eigenvalue weighted by atomic mass is 16.6. The average molecular weight is 290 g/mol. The largest absolute Gasteiger partial charge is 0.480 e. The Labute approximate surface area is 119 Å². The van der Waals surface area contributed by atoms with Crippen LogP contribution >= 0.6 is 0 Å². The number of aromatic nitrogens is 2. The minimum absolute atomic E-state index is 0.0610. The van der Waals surface area contributed by atoms with Crippen LogP contribution in [0.25, 0.3) is 5.65 Å². The van der Waals surface area contributed by atoms with Crippen molar-refractivity contribution in [3.05, 3.63) is 40.2 Å². The molecular weight excluding hydrogens is 276 g/mol. The molecule has 0 aliphatic heterocycles. The number of hydrogen-bond donors (Lipinski definition) is 2. The monoisotopic (exact) mass is 290 g/mol. The van der Waals surface area contributed by atoms with Gasteiger partial charge in [0, 0.05) is 12.6 Å². The van der Waals surface area contributed by atoms with Crippen LogP contribution in [-0.4, -0.2) is 31.4 Å². The Hall–Kier alpha value is -2.48. The molecule has 2 aromatic rings. The normalized spacial score (nSPS) is 16.0. The van der Waals surface area contributed by atoms with E-state index >= 15 is 0 Å². The first-order chi connectivity index (χ1) is 10.1. The maximum Gasteiger partial charge on any atom is 0.352 e. The lowest BCUT2D eigenvalue weighted by Gasteiger charge is -2.11. The smallest absolute Gasteiger partial charge is 0.352 e. The third-order valence-electron chi connectivity index (χ3n) is 3.60. The summed E-state index contributed by atoms with van der Waals surface area (Å²) in [5.41, 5.74) is 0.720. The molecule has 0 spiro atoms. The lowest BCUT2D eigenvalue weighted by Crippen LogP contribution is -2.38. The van der Waals surface area contributed by atoms with Crippen LogP contribution in [0.4, 0.5) is 5.82 Å². The summed E-state index contributed by atoms with van der Waals surface area (Å²) in [7, 11) is 0. The summed E-state index contributed by atoms with van der Waals surface area (Å²) in [4.78, 5) is 26.1. The summed E-state index contributed by atoms with van der Waals surface area (Å²) in [5.74, 6) is -0.944. The SMILES string of the molecule is O=C(O)C(NCc1nc2ccccn2c1[N+](=O)[O-])C1CC1.